The Balaban J connectivity index is 1.90. The van der Waals surface area contributed by atoms with Gasteiger partial charge in [-0.3, -0.25) is 20.4 Å². The fourth-order valence-corrected chi connectivity index (χ4v) is 4.32. The average Bonchev–Trinajstić information content (AvgIpc) is 2.95. The molecule has 2 aromatic rings. The van der Waals surface area contributed by atoms with Gasteiger partial charge in [-0.2, -0.15) is 0 Å². The summed E-state index contributed by atoms with van der Waals surface area (Å²) in [5.41, 5.74) is 0.215. The molecule has 48 heavy (non-hydrogen) atoms. The Morgan fingerprint density at radius 2 is 1.25 bits per heavy atom. The number of amides is 2. The van der Waals surface area contributed by atoms with Crippen LogP contribution in [0.3, 0.4) is 0 Å². The minimum Gasteiger partial charge on any atom is -0.488 e. The molecule has 0 aliphatic rings. The van der Waals surface area contributed by atoms with E-state index >= 15 is 0 Å². The first-order valence-corrected chi connectivity index (χ1v) is 16.6. The van der Waals surface area contributed by atoms with Gasteiger partial charge in [0, 0.05) is 6.54 Å². The molecule has 11 heteroatoms. The summed E-state index contributed by atoms with van der Waals surface area (Å²) in [6.07, 6.45) is 2.34. The molecule has 2 rings (SSSR count). The van der Waals surface area contributed by atoms with Gasteiger partial charge in [-0.1, -0.05) is 55.3 Å². The largest absolute Gasteiger partial charge is 0.488 e. The van der Waals surface area contributed by atoms with Gasteiger partial charge in [0.2, 0.25) is 5.96 Å². The number of carbonyl (C=O) groups excluding carboxylic acids is 3. The fraction of sp³-hybridized carbons (Fsp3) is 0.568. The summed E-state index contributed by atoms with van der Waals surface area (Å²) in [5.74, 6) is 0.445. The molecule has 0 heterocycles. The van der Waals surface area contributed by atoms with Crippen LogP contribution in [-0.2, 0) is 32.0 Å². The highest BCUT2D eigenvalue weighted by atomic mass is 16.6. The lowest BCUT2D eigenvalue weighted by Crippen LogP contribution is -2.47. The summed E-state index contributed by atoms with van der Waals surface area (Å²) in [6, 6.07) is 16.9. The third-order valence-electron chi connectivity index (χ3n) is 6.28. The minimum absolute atomic E-state index is 0.0324. The van der Waals surface area contributed by atoms with Crippen LogP contribution in [0.2, 0.25) is 0 Å². The molecule has 0 saturated carbocycles. The highest BCUT2D eigenvalue weighted by molar-refractivity contribution is 6.01. The first-order valence-electron chi connectivity index (χ1n) is 16.6. The quantitative estimate of drug-likeness (QED) is 0.0639. The van der Waals surface area contributed by atoms with Gasteiger partial charge >= 0.3 is 18.2 Å². The Hall–Kier alpha value is -4.12. The van der Waals surface area contributed by atoms with Gasteiger partial charge < -0.3 is 24.3 Å². The van der Waals surface area contributed by atoms with E-state index in [9.17, 15) is 14.4 Å². The van der Waals surface area contributed by atoms with Gasteiger partial charge in [-0.15, -0.1) is 0 Å². The summed E-state index contributed by atoms with van der Waals surface area (Å²) < 4.78 is 22.2. The molecule has 0 saturated heterocycles. The van der Waals surface area contributed by atoms with Crippen molar-refractivity contribution in [2.24, 2.45) is 4.99 Å². The molecule has 2 aromatic carbocycles. The zero-order valence-corrected chi connectivity index (χ0v) is 30.2. The average molecular weight is 669 g/mol. The number of hydrogen-bond acceptors (Lipinski definition) is 9. The topological polar surface area (TPSA) is 137 Å². The van der Waals surface area contributed by atoms with Crippen LogP contribution in [-0.4, -0.2) is 60.0 Å². The predicted octanol–water partition coefficient (Wildman–Crippen LogP) is 7.07. The highest BCUT2D eigenvalue weighted by Gasteiger charge is 2.22. The second kappa shape index (κ2) is 19.0. The summed E-state index contributed by atoms with van der Waals surface area (Å²) >= 11 is 0. The molecular formula is C37H56N4O7. The second-order valence-electron chi connectivity index (χ2n) is 14.6. The van der Waals surface area contributed by atoms with E-state index in [1.165, 1.54) is 0 Å². The Morgan fingerprint density at radius 1 is 0.688 bits per heavy atom. The maximum absolute atomic E-state index is 13.1. The number of benzene rings is 2. The van der Waals surface area contributed by atoms with E-state index in [1.807, 2.05) is 75.4 Å². The Morgan fingerprint density at radius 3 is 1.79 bits per heavy atom. The first-order chi connectivity index (χ1) is 22.4. The number of nitrogens with zero attached hydrogens (tertiary/aromatic N) is 1. The molecular weight excluding hydrogens is 612 g/mol. The molecule has 3 N–H and O–H groups in total. The molecule has 266 valence electrons. The monoisotopic (exact) mass is 668 g/mol. The van der Waals surface area contributed by atoms with Crippen LogP contribution in [0.15, 0.2) is 59.6 Å². The third-order valence-corrected chi connectivity index (χ3v) is 6.28. The smallest absolute Gasteiger partial charge is 0.414 e. The van der Waals surface area contributed by atoms with Crippen molar-refractivity contribution < 1.29 is 33.3 Å². The van der Waals surface area contributed by atoms with Crippen molar-refractivity contribution in [3.8, 4) is 5.75 Å². The normalized spacial score (nSPS) is 12.4. The van der Waals surface area contributed by atoms with E-state index in [-0.39, 0.29) is 24.1 Å². The number of esters is 1. The molecule has 11 nitrogen and oxygen atoms in total. The zero-order chi connectivity index (χ0) is 35.8. The van der Waals surface area contributed by atoms with Gasteiger partial charge in [0.1, 0.15) is 35.2 Å². The molecule has 0 spiro atoms. The van der Waals surface area contributed by atoms with E-state index < -0.39 is 29.4 Å². The Bertz CT molecular complexity index is 1280. The van der Waals surface area contributed by atoms with Crippen LogP contribution in [0.4, 0.5) is 9.59 Å². The van der Waals surface area contributed by atoms with Crippen molar-refractivity contribution in [3.05, 3.63) is 65.7 Å². The van der Waals surface area contributed by atoms with Crippen molar-refractivity contribution in [2.45, 2.75) is 124 Å². The number of aliphatic imine (C=N–C) groups is 1. The number of nitrogens with one attached hydrogen (secondary N) is 3. The Kier molecular flexibility index (Phi) is 15.9. The zero-order valence-electron chi connectivity index (χ0n) is 30.2. The van der Waals surface area contributed by atoms with Crippen LogP contribution in [0.5, 0.6) is 5.75 Å². The Labute approximate surface area is 286 Å². The number of alkyl carbamates (subject to hydrolysis) is 2. The van der Waals surface area contributed by atoms with E-state index in [1.54, 1.807) is 41.5 Å². The van der Waals surface area contributed by atoms with Crippen LogP contribution in [0, 0.1) is 0 Å². The lowest BCUT2D eigenvalue weighted by molar-refractivity contribution is -0.147. The van der Waals surface area contributed by atoms with Crippen LogP contribution >= 0.6 is 0 Å². The summed E-state index contributed by atoms with van der Waals surface area (Å²) in [4.78, 5) is 42.1. The van der Waals surface area contributed by atoms with Gasteiger partial charge in [0.05, 0.1) is 0 Å². The van der Waals surface area contributed by atoms with Gasteiger partial charge in [-0.05, 0) is 111 Å². The number of ether oxygens (including phenoxy) is 4. The molecule has 0 aromatic heterocycles. The van der Waals surface area contributed by atoms with Crippen LogP contribution < -0.4 is 20.7 Å². The maximum Gasteiger partial charge on any atom is 0.414 e. The second-order valence-corrected chi connectivity index (χ2v) is 14.6. The predicted molar refractivity (Wildman–Crippen MR) is 188 cm³/mol. The molecule has 0 fully saturated rings. The van der Waals surface area contributed by atoms with Crippen molar-refractivity contribution in [2.75, 3.05) is 13.1 Å². The number of hydrogen-bond donors (Lipinski definition) is 3. The van der Waals surface area contributed by atoms with Crippen molar-refractivity contribution in [3.63, 3.8) is 0 Å². The van der Waals surface area contributed by atoms with Crippen LogP contribution in [0.25, 0.3) is 0 Å². The molecule has 0 bridgehead atoms. The molecule has 0 aliphatic heterocycles. The summed E-state index contributed by atoms with van der Waals surface area (Å²) in [7, 11) is 0. The standard InChI is InChI=1S/C37H56N4O7/c1-35(2,3)46-29-21-19-27(20-22-29)25-30(31(42)45-26-28-17-13-12-14-18-28)38-23-15-10-11-16-24-39-32(40-33(43)47-36(4,5)6)41-34(44)48-37(7,8)9/h12-14,17-22,30,38H,10-11,15-16,23-26H2,1-9H3,(H2,39,40,41,43,44)/t30-/m0/s1. The minimum atomic E-state index is -0.727. The third kappa shape index (κ3) is 18.9. The van der Waals surface area contributed by atoms with Gasteiger partial charge in [0.15, 0.2) is 0 Å². The molecule has 0 aliphatic carbocycles. The number of unbranched alkanes of at least 4 members (excludes halogenated alkanes) is 3. The van der Waals surface area contributed by atoms with E-state index in [2.05, 4.69) is 20.9 Å². The molecule has 0 radical (unpaired) electrons. The number of carbonyl (C=O) groups is 3. The SMILES string of the molecule is CC(C)(C)OC(=O)NC(=NCCCCCCN[C@@H](Cc1ccc(OC(C)(C)C)cc1)C(=O)OCc1ccccc1)NC(=O)OC(C)(C)C. The first kappa shape index (κ1) is 40.1. The lowest BCUT2D eigenvalue weighted by atomic mass is 10.0. The van der Waals surface area contributed by atoms with Gasteiger partial charge in [-0.25, -0.2) is 9.59 Å². The molecule has 2 amide bonds. The van der Waals surface area contributed by atoms with E-state index in [4.69, 9.17) is 18.9 Å². The number of rotatable bonds is 14. The van der Waals surface area contributed by atoms with E-state index in [0.717, 1.165) is 42.6 Å². The summed E-state index contributed by atoms with van der Waals surface area (Å²) in [5, 5.41) is 8.38. The van der Waals surface area contributed by atoms with Crippen molar-refractivity contribution >= 4 is 24.1 Å². The number of guanidine groups is 1. The molecule has 1 atom stereocenters. The summed E-state index contributed by atoms with van der Waals surface area (Å²) in [6.45, 7) is 17.7. The maximum atomic E-state index is 13.1. The van der Waals surface area contributed by atoms with Gasteiger partial charge in [0.25, 0.3) is 0 Å². The van der Waals surface area contributed by atoms with Crippen molar-refractivity contribution in [1.82, 2.24) is 16.0 Å². The fourth-order valence-electron chi connectivity index (χ4n) is 4.32. The lowest BCUT2D eigenvalue weighted by Gasteiger charge is -2.22. The van der Waals surface area contributed by atoms with E-state index in [0.29, 0.717) is 19.5 Å². The van der Waals surface area contributed by atoms with Crippen molar-refractivity contribution in [1.29, 1.82) is 0 Å². The highest BCUT2D eigenvalue weighted by Crippen LogP contribution is 2.19. The molecule has 0 unspecified atom stereocenters. The van der Waals surface area contributed by atoms with Crippen LogP contribution in [0.1, 0.15) is 99.1 Å².